The number of hydrazine groups is 1. The highest BCUT2D eigenvalue weighted by atomic mass is 35.5. The molecular formula is C12H8ClN3OS2. The second-order valence-corrected chi connectivity index (χ2v) is 6.13. The van der Waals surface area contributed by atoms with Crippen molar-refractivity contribution < 1.29 is 4.79 Å². The van der Waals surface area contributed by atoms with Crippen LogP contribution in [0.25, 0.3) is 0 Å². The molecule has 0 atom stereocenters. The van der Waals surface area contributed by atoms with Crippen molar-refractivity contribution in [1.82, 2.24) is 5.43 Å². The summed E-state index contributed by atoms with van der Waals surface area (Å²) in [6, 6.07) is 7.27. The van der Waals surface area contributed by atoms with Crippen LogP contribution in [0.5, 0.6) is 0 Å². The number of halogens is 1. The monoisotopic (exact) mass is 309 g/mol. The van der Waals surface area contributed by atoms with Gasteiger partial charge in [0.05, 0.1) is 10.6 Å². The Bertz CT molecular complexity index is 696. The molecule has 3 N–H and O–H groups in total. The first-order valence-electron chi connectivity index (χ1n) is 5.34. The van der Waals surface area contributed by atoms with Gasteiger partial charge in [0.2, 0.25) is 0 Å². The third-order valence-corrected chi connectivity index (χ3v) is 5.17. The third-order valence-electron chi connectivity index (χ3n) is 2.61. The van der Waals surface area contributed by atoms with Crippen LogP contribution in [-0.4, -0.2) is 11.1 Å². The predicted octanol–water partition coefficient (Wildman–Crippen LogP) is 3.13. The largest absolute Gasteiger partial charge is 0.290 e. The fourth-order valence-electron chi connectivity index (χ4n) is 1.72. The van der Waals surface area contributed by atoms with Crippen molar-refractivity contribution in [3.63, 3.8) is 0 Å². The number of fused-ring (bicyclic) bond motifs is 2. The first-order chi connectivity index (χ1) is 9.19. The van der Waals surface area contributed by atoms with Crippen molar-refractivity contribution in [1.29, 1.82) is 0 Å². The van der Waals surface area contributed by atoms with Gasteiger partial charge in [-0.1, -0.05) is 23.4 Å². The summed E-state index contributed by atoms with van der Waals surface area (Å²) < 4.78 is 0. The summed E-state index contributed by atoms with van der Waals surface area (Å²) in [5.74, 6) is 4.78. The normalized spacial score (nSPS) is 13.1. The number of benzene rings is 1. The molecule has 0 bridgehead atoms. The number of carbonyl (C=O) groups excluding carboxylic acids is 1. The van der Waals surface area contributed by atoms with E-state index in [1.807, 2.05) is 17.5 Å². The van der Waals surface area contributed by atoms with Gasteiger partial charge in [0.1, 0.15) is 5.17 Å². The number of nitrogen functional groups attached to an aromatic ring is 1. The summed E-state index contributed by atoms with van der Waals surface area (Å²) in [4.78, 5) is 18.9. The van der Waals surface area contributed by atoms with E-state index in [9.17, 15) is 4.79 Å². The minimum Gasteiger partial charge on any atom is -0.290 e. The number of hydrogen-bond donors (Lipinski definition) is 2. The highest BCUT2D eigenvalue weighted by Crippen LogP contribution is 2.42. The van der Waals surface area contributed by atoms with E-state index < -0.39 is 0 Å². The molecule has 4 nitrogen and oxygen atoms in total. The molecule has 0 aliphatic carbocycles. The lowest BCUT2D eigenvalue weighted by atomic mass is 10.2. The van der Waals surface area contributed by atoms with E-state index in [-0.39, 0.29) is 5.91 Å². The lowest BCUT2D eigenvalue weighted by Crippen LogP contribution is -2.29. The summed E-state index contributed by atoms with van der Waals surface area (Å²) >= 11 is 9.35. The number of carbonyl (C=O) groups is 1. The Hall–Kier alpha value is -1.34. The number of nitrogens with two attached hydrogens (primary N) is 1. The van der Waals surface area contributed by atoms with Crippen LogP contribution in [-0.2, 0) is 0 Å². The predicted molar refractivity (Wildman–Crippen MR) is 78.6 cm³/mol. The zero-order valence-corrected chi connectivity index (χ0v) is 11.9. The summed E-state index contributed by atoms with van der Waals surface area (Å²) in [6.07, 6.45) is 0. The smallest absolute Gasteiger partial charge is 0.265 e. The van der Waals surface area contributed by atoms with Crippen molar-refractivity contribution >= 4 is 51.5 Å². The molecule has 1 aromatic carbocycles. The molecule has 0 spiro atoms. The van der Waals surface area contributed by atoms with Crippen LogP contribution in [0.4, 0.5) is 5.69 Å². The van der Waals surface area contributed by atoms with Gasteiger partial charge in [-0.25, -0.2) is 10.8 Å². The minimum absolute atomic E-state index is 0.349. The van der Waals surface area contributed by atoms with Crippen LogP contribution in [0.15, 0.2) is 44.4 Å². The van der Waals surface area contributed by atoms with E-state index in [0.717, 1.165) is 14.7 Å². The van der Waals surface area contributed by atoms with Crippen LogP contribution in [0, 0.1) is 0 Å². The van der Waals surface area contributed by atoms with E-state index in [1.54, 1.807) is 35.2 Å². The highest BCUT2D eigenvalue weighted by molar-refractivity contribution is 7.99. The summed E-state index contributed by atoms with van der Waals surface area (Å²) in [6.45, 7) is 0. The summed E-state index contributed by atoms with van der Waals surface area (Å²) in [5.41, 5.74) is 3.24. The number of amides is 1. The lowest BCUT2D eigenvalue weighted by Gasteiger charge is -2.05. The maximum Gasteiger partial charge on any atom is 0.265 e. The minimum atomic E-state index is -0.349. The first kappa shape index (κ1) is 12.7. The van der Waals surface area contributed by atoms with E-state index in [1.165, 1.54) is 0 Å². The van der Waals surface area contributed by atoms with Crippen molar-refractivity contribution in [3.8, 4) is 0 Å². The fourth-order valence-corrected chi connectivity index (χ4v) is 4.03. The third kappa shape index (κ3) is 2.28. The maximum absolute atomic E-state index is 11.5. The molecule has 0 unspecified atom stereocenters. The quantitative estimate of drug-likeness (QED) is 0.483. The van der Waals surface area contributed by atoms with E-state index in [4.69, 9.17) is 17.4 Å². The average molecular weight is 310 g/mol. The molecule has 2 aromatic rings. The van der Waals surface area contributed by atoms with Crippen molar-refractivity contribution in [2.45, 2.75) is 9.79 Å². The van der Waals surface area contributed by atoms with Crippen LogP contribution in [0.2, 0.25) is 0 Å². The Balaban J connectivity index is 2.12. The zero-order valence-electron chi connectivity index (χ0n) is 9.51. The molecule has 7 heteroatoms. The Morgan fingerprint density at radius 1 is 1.32 bits per heavy atom. The molecular weight excluding hydrogens is 302 g/mol. The van der Waals surface area contributed by atoms with Gasteiger partial charge in [-0.15, -0.1) is 11.3 Å². The Morgan fingerprint density at radius 2 is 2.16 bits per heavy atom. The molecule has 1 aliphatic rings. The van der Waals surface area contributed by atoms with Crippen LogP contribution in [0.3, 0.4) is 0 Å². The number of thiophene rings is 1. The van der Waals surface area contributed by atoms with Gasteiger partial charge in [-0.05, 0) is 29.6 Å². The number of nitrogens with zero attached hydrogens (tertiary/aromatic N) is 1. The SMILES string of the molecule is NNC(=O)c1ccc2c(c1)N=C(Cl)c1sccc1S2. The van der Waals surface area contributed by atoms with Gasteiger partial charge < -0.3 is 0 Å². The molecule has 1 aliphatic heterocycles. The average Bonchev–Trinajstić information content (AvgIpc) is 2.83. The number of rotatable bonds is 1. The molecule has 96 valence electrons. The van der Waals surface area contributed by atoms with E-state index in [0.29, 0.717) is 16.4 Å². The standard InChI is InChI=1S/C12H8ClN3OS2/c13-11-10-9(3-4-18-10)19-8-2-1-6(12(17)16-14)5-7(8)15-11/h1-5H,14H2,(H,16,17). The first-order valence-corrected chi connectivity index (χ1v) is 7.41. The molecule has 0 fully saturated rings. The van der Waals surface area contributed by atoms with Gasteiger partial charge in [0.25, 0.3) is 5.91 Å². The molecule has 0 saturated heterocycles. The molecule has 0 radical (unpaired) electrons. The van der Waals surface area contributed by atoms with Gasteiger partial charge >= 0.3 is 0 Å². The van der Waals surface area contributed by atoms with Gasteiger partial charge in [0.15, 0.2) is 0 Å². The van der Waals surface area contributed by atoms with Gasteiger partial charge in [-0.3, -0.25) is 10.2 Å². The second kappa shape index (κ2) is 4.97. The molecule has 0 saturated carbocycles. The Labute approximate surface area is 122 Å². The summed E-state index contributed by atoms with van der Waals surface area (Å²) in [7, 11) is 0. The number of hydrogen-bond acceptors (Lipinski definition) is 5. The molecule has 2 heterocycles. The molecule has 3 rings (SSSR count). The molecule has 1 aromatic heterocycles. The molecule has 19 heavy (non-hydrogen) atoms. The van der Waals surface area contributed by atoms with E-state index >= 15 is 0 Å². The second-order valence-electron chi connectivity index (χ2n) is 3.77. The lowest BCUT2D eigenvalue weighted by molar-refractivity contribution is 0.0953. The van der Waals surface area contributed by atoms with Crippen LogP contribution < -0.4 is 11.3 Å². The fraction of sp³-hybridized carbons (Fsp3) is 0. The summed E-state index contributed by atoms with van der Waals surface area (Å²) in [5, 5.41) is 2.43. The van der Waals surface area contributed by atoms with Crippen molar-refractivity contribution in [3.05, 3.63) is 40.1 Å². The van der Waals surface area contributed by atoms with E-state index in [2.05, 4.69) is 10.4 Å². The maximum atomic E-state index is 11.5. The van der Waals surface area contributed by atoms with Crippen LogP contribution >= 0.6 is 34.7 Å². The van der Waals surface area contributed by atoms with Gasteiger partial charge in [0, 0.05) is 15.4 Å². The van der Waals surface area contributed by atoms with Crippen LogP contribution in [0.1, 0.15) is 15.2 Å². The number of aliphatic imine (C=N–C) groups is 1. The van der Waals surface area contributed by atoms with Crippen molar-refractivity contribution in [2.24, 2.45) is 10.8 Å². The van der Waals surface area contributed by atoms with Gasteiger partial charge in [-0.2, -0.15) is 0 Å². The Kier molecular flexibility index (Phi) is 3.32. The highest BCUT2D eigenvalue weighted by Gasteiger charge is 2.18. The van der Waals surface area contributed by atoms with Crippen molar-refractivity contribution in [2.75, 3.05) is 0 Å². The number of nitrogens with one attached hydrogen (secondary N) is 1. The Morgan fingerprint density at radius 3 is 2.95 bits per heavy atom. The zero-order chi connectivity index (χ0) is 13.4. The molecule has 1 amide bonds. The topological polar surface area (TPSA) is 67.5 Å².